The Balaban J connectivity index is 3.21. The first-order valence-electron chi connectivity index (χ1n) is 6.19. The Morgan fingerprint density at radius 3 is 2.55 bits per heavy atom. The predicted molar refractivity (Wildman–Crippen MR) is 88.4 cm³/mol. The Morgan fingerprint density at radius 1 is 1.40 bits per heavy atom. The van der Waals surface area contributed by atoms with Crippen LogP contribution in [0.25, 0.3) is 0 Å². The average molecular weight is 356 g/mol. The van der Waals surface area contributed by atoms with Gasteiger partial charge in [-0.3, -0.25) is 0 Å². The molecule has 114 valence electrons. The molecule has 1 aromatic rings. The zero-order valence-corrected chi connectivity index (χ0v) is 14.9. The first-order chi connectivity index (χ1) is 9.38. The van der Waals surface area contributed by atoms with Gasteiger partial charge in [-0.15, -0.1) is 11.6 Å². The smallest absolute Gasteiger partial charge is 0.207 e. The lowest BCUT2D eigenvalue weighted by molar-refractivity contribution is 0.385. The molecule has 0 spiro atoms. The van der Waals surface area contributed by atoms with Crippen molar-refractivity contribution in [3.05, 3.63) is 28.8 Å². The Bertz CT molecular complexity index is 549. The molecule has 0 aromatic heterocycles. The molecule has 1 rings (SSSR count). The van der Waals surface area contributed by atoms with E-state index in [0.29, 0.717) is 0 Å². The topological polar surface area (TPSA) is 37.4 Å². The van der Waals surface area contributed by atoms with Gasteiger partial charge in [0.25, 0.3) is 0 Å². The molecular formula is C13H19Cl2NO2S2. The van der Waals surface area contributed by atoms with Crippen molar-refractivity contribution in [1.82, 2.24) is 4.31 Å². The number of halogens is 2. The Morgan fingerprint density at radius 2 is 2.05 bits per heavy atom. The van der Waals surface area contributed by atoms with E-state index >= 15 is 0 Å². The summed E-state index contributed by atoms with van der Waals surface area (Å²) in [6.07, 6.45) is 2.72. The maximum atomic E-state index is 12.7. The van der Waals surface area contributed by atoms with Crippen LogP contribution in [0.3, 0.4) is 0 Å². The summed E-state index contributed by atoms with van der Waals surface area (Å²) < 4.78 is 26.8. The van der Waals surface area contributed by atoms with Crippen LogP contribution >= 0.6 is 35.0 Å². The second-order valence-electron chi connectivity index (χ2n) is 4.44. The second kappa shape index (κ2) is 7.90. The third-order valence-corrected chi connectivity index (χ3v) is 6.57. The molecule has 0 N–H and O–H groups in total. The van der Waals surface area contributed by atoms with Crippen LogP contribution in [0.4, 0.5) is 0 Å². The summed E-state index contributed by atoms with van der Waals surface area (Å²) in [6.45, 7) is 1.98. The molecule has 0 bridgehead atoms. The average Bonchev–Trinajstić information content (AvgIpc) is 2.44. The van der Waals surface area contributed by atoms with Crippen LogP contribution in [0.2, 0.25) is 5.02 Å². The van der Waals surface area contributed by atoms with Crippen LogP contribution in [-0.2, 0) is 15.9 Å². The third kappa shape index (κ3) is 4.04. The molecule has 0 aliphatic carbocycles. The summed E-state index contributed by atoms with van der Waals surface area (Å²) in [5, 5.41) is 0.227. The SMILES string of the molecule is CCC(CSC)N(C)S(=O)(=O)c1cc(CCl)ccc1Cl. The number of hydrogen-bond donors (Lipinski definition) is 0. The van der Waals surface area contributed by atoms with Gasteiger partial charge in [0.2, 0.25) is 10.0 Å². The summed E-state index contributed by atoms with van der Waals surface area (Å²) in [5.74, 6) is 1.00. The maximum Gasteiger partial charge on any atom is 0.244 e. The number of thioether (sulfide) groups is 1. The van der Waals surface area contributed by atoms with Crippen molar-refractivity contribution in [2.75, 3.05) is 19.1 Å². The van der Waals surface area contributed by atoms with Gasteiger partial charge in [-0.1, -0.05) is 24.6 Å². The lowest BCUT2D eigenvalue weighted by atomic mass is 10.2. The van der Waals surface area contributed by atoms with Crippen molar-refractivity contribution in [2.24, 2.45) is 0 Å². The number of benzene rings is 1. The van der Waals surface area contributed by atoms with Gasteiger partial charge in [-0.25, -0.2) is 8.42 Å². The quantitative estimate of drug-likeness (QED) is 0.697. The van der Waals surface area contributed by atoms with Gasteiger partial charge < -0.3 is 0 Å². The number of sulfonamides is 1. The van der Waals surface area contributed by atoms with E-state index in [0.717, 1.165) is 17.7 Å². The van der Waals surface area contributed by atoms with E-state index < -0.39 is 10.0 Å². The molecule has 0 amide bonds. The Kier molecular flexibility index (Phi) is 7.15. The Hall–Kier alpha value is 0.0600. The normalized spacial score (nSPS) is 13.7. The number of hydrogen-bond acceptors (Lipinski definition) is 3. The van der Waals surface area contributed by atoms with Gasteiger partial charge in [-0.05, 0) is 30.4 Å². The van der Waals surface area contributed by atoms with Gasteiger partial charge >= 0.3 is 0 Å². The van der Waals surface area contributed by atoms with Gasteiger partial charge in [-0.2, -0.15) is 16.1 Å². The van der Waals surface area contributed by atoms with Crippen molar-refractivity contribution >= 4 is 45.0 Å². The molecule has 1 aromatic carbocycles. The molecule has 0 fully saturated rings. The van der Waals surface area contributed by atoms with Crippen LogP contribution in [0.5, 0.6) is 0 Å². The highest BCUT2D eigenvalue weighted by Gasteiger charge is 2.28. The molecule has 0 saturated heterocycles. The van der Waals surface area contributed by atoms with Gasteiger partial charge in [0.15, 0.2) is 0 Å². The summed E-state index contributed by atoms with van der Waals surface area (Å²) in [7, 11) is -2.01. The summed E-state index contributed by atoms with van der Waals surface area (Å²) in [6, 6.07) is 4.81. The number of rotatable bonds is 7. The highest BCUT2D eigenvalue weighted by atomic mass is 35.5. The largest absolute Gasteiger partial charge is 0.244 e. The van der Waals surface area contributed by atoms with Gasteiger partial charge in [0.1, 0.15) is 4.90 Å². The van der Waals surface area contributed by atoms with Crippen LogP contribution < -0.4 is 0 Å². The summed E-state index contributed by atoms with van der Waals surface area (Å²) in [5.41, 5.74) is 0.737. The highest BCUT2D eigenvalue weighted by Crippen LogP contribution is 2.27. The van der Waals surface area contributed by atoms with Crippen LogP contribution in [-0.4, -0.2) is 37.8 Å². The summed E-state index contributed by atoms with van der Waals surface area (Å²) in [4.78, 5) is 0.124. The van der Waals surface area contributed by atoms with Crippen molar-refractivity contribution < 1.29 is 8.42 Å². The van der Waals surface area contributed by atoms with Crippen molar-refractivity contribution in [2.45, 2.75) is 30.2 Å². The zero-order valence-electron chi connectivity index (χ0n) is 11.8. The van der Waals surface area contributed by atoms with E-state index in [1.54, 1.807) is 37.0 Å². The van der Waals surface area contributed by atoms with Crippen molar-refractivity contribution in [1.29, 1.82) is 0 Å². The molecule has 0 radical (unpaired) electrons. The van der Waals surface area contributed by atoms with Crippen LogP contribution in [0.15, 0.2) is 23.1 Å². The van der Waals surface area contributed by atoms with Crippen molar-refractivity contribution in [3.63, 3.8) is 0 Å². The predicted octanol–water partition coefficient (Wildman–Crippen LogP) is 3.84. The molecule has 0 aliphatic rings. The molecule has 0 aliphatic heterocycles. The minimum Gasteiger partial charge on any atom is -0.207 e. The molecule has 20 heavy (non-hydrogen) atoms. The minimum atomic E-state index is -3.61. The van der Waals surface area contributed by atoms with E-state index in [2.05, 4.69) is 0 Å². The van der Waals surface area contributed by atoms with E-state index in [1.165, 1.54) is 4.31 Å². The first-order valence-corrected chi connectivity index (χ1v) is 9.94. The van der Waals surface area contributed by atoms with E-state index in [1.807, 2.05) is 13.2 Å². The lowest BCUT2D eigenvalue weighted by Crippen LogP contribution is -2.38. The standard InChI is InChI=1S/C13H19Cl2NO2S2/c1-4-11(9-19-3)16(2)20(17,18)13-7-10(8-14)5-6-12(13)15/h5-7,11H,4,8-9H2,1-3H3. The molecule has 1 unspecified atom stereocenters. The number of alkyl halides is 1. The second-order valence-corrected chi connectivity index (χ2v) is 7.99. The molecule has 0 heterocycles. The molecule has 7 heteroatoms. The monoisotopic (exact) mass is 355 g/mol. The zero-order chi connectivity index (χ0) is 15.3. The fraction of sp³-hybridized carbons (Fsp3) is 0.538. The third-order valence-electron chi connectivity index (χ3n) is 3.15. The fourth-order valence-corrected chi connectivity index (χ4v) is 4.91. The van der Waals surface area contributed by atoms with E-state index in [-0.39, 0.29) is 21.8 Å². The van der Waals surface area contributed by atoms with Gasteiger partial charge in [0, 0.05) is 24.7 Å². The summed E-state index contributed by atoms with van der Waals surface area (Å²) >= 11 is 13.4. The highest BCUT2D eigenvalue weighted by molar-refractivity contribution is 7.98. The van der Waals surface area contributed by atoms with E-state index in [4.69, 9.17) is 23.2 Å². The maximum absolute atomic E-state index is 12.7. The molecular weight excluding hydrogens is 337 g/mol. The van der Waals surface area contributed by atoms with E-state index in [9.17, 15) is 8.42 Å². The number of nitrogens with zero attached hydrogens (tertiary/aromatic N) is 1. The fourth-order valence-electron chi connectivity index (χ4n) is 1.85. The van der Waals surface area contributed by atoms with Gasteiger partial charge in [0.05, 0.1) is 5.02 Å². The first kappa shape index (κ1) is 18.1. The molecule has 3 nitrogen and oxygen atoms in total. The van der Waals surface area contributed by atoms with Crippen LogP contribution in [0.1, 0.15) is 18.9 Å². The lowest BCUT2D eigenvalue weighted by Gasteiger charge is -2.26. The van der Waals surface area contributed by atoms with Crippen LogP contribution in [0, 0.1) is 0 Å². The molecule has 0 saturated carbocycles. The van der Waals surface area contributed by atoms with Crippen molar-refractivity contribution in [3.8, 4) is 0 Å². The Labute approximate surface area is 135 Å². The minimum absolute atomic E-state index is 0.0503. The molecule has 1 atom stereocenters.